The van der Waals surface area contributed by atoms with E-state index >= 15 is 0 Å². The molecule has 19 heavy (non-hydrogen) atoms. The monoisotopic (exact) mass is 266 g/mol. The Bertz CT molecular complexity index is 240. The van der Waals surface area contributed by atoms with Gasteiger partial charge in [-0.1, -0.05) is 45.4 Å². The second-order valence-corrected chi connectivity index (χ2v) is 7.05. The normalized spacial score (nSPS) is 24.8. The molecule has 2 aliphatic carbocycles. The third kappa shape index (κ3) is 4.46. The van der Waals surface area contributed by atoms with Gasteiger partial charge in [-0.05, 0) is 44.7 Å². The van der Waals surface area contributed by atoms with Gasteiger partial charge in [0.15, 0.2) is 0 Å². The first kappa shape index (κ1) is 15.3. The van der Waals surface area contributed by atoms with Crippen LogP contribution < -0.4 is 5.32 Å². The van der Waals surface area contributed by atoms with Gasteiger partial charge in [-0.2, -0.15) is 0 Å². The molecule has 0 aromatic heterocycles. The molecule has 0 heterocycles. The number of hydrogen-bond donors (Lipinski definition) is 1. The van der Waals surface area contributed by atoms with Gasteiger partial charge in [-0.3, -0.25) is 0 Å². The molecule has 0 aromatic carbocycles. The highest BCUT2D eigenvalue weighted by Crippen LogP contribution is 2.37. The van der Waals surface area contributed by atoms with Crippen LogP contribution in [0.4, 0.5) is 0 Å². The van der Waals surface area contributed by atoms with Gasteiger partial charge in [0.1, 0.15) is 0 Å². The van der Waals surface area contributed by atoms with Crippen molar-refractivity contribution in [2.24, 2.45) is 5.41 Å². The van der Waals surface area contributed by atoms with Gasteiger partial charge in [-0.15, -0.1) is 0 Å². The van der Waals surface area contributed by atoms with Crippen LogP contribution >= 0.6 is 0 Å². The lowest BCUT2D eigenvalue weighted by Crippen LogP contribution is -2.47. The summed E-state index contributed by atoms with van der Waals surface area (Å²) in [6, 6.07) is 0.870. The second-order valence-electron chi connectivity index (χ2n) is 7.05. The van der Waals surface area contributed by atoms with E-state index in [0.717, 1.165) is 12.6 Å². The summed E-state index contributed by atoms with van der Waals surface area (Å²) in [5.74, 6) is 0. The maximum atomic E-state index is 3.64. The number of nitrogens with one attached hydrogen (secondary N) is 1. The molecular formula is C17H34N2. The Balaban J connectivity index is 1.90. The first-order valence-corrected chi connectivity index (χ1v) is 8.67. The molecule has 0 radical (unpaired) electrons. The standard InChI is InChI=1S/C17H34N2/c1-3-18-14-17(12-8-5-9-13-17)15-19(2)16-10-6-4-7-11-16/h16,18H,3-15H2,1-2H3. The van der Waals surface area contributed by atoms with Crippen molar-refractivity contribution in [2.45, 2.75) is 77.2 Å². The summed E-state index contributed by atoms with van der Waals surface area (Å²) < 4.78 is 0. The van der Waals surface area contributed by atoms with Crippen LogP contribution in [0.3, 0.4) is 0 Å². The summed E-state index contributed by atoms with van der Waals surface area (Å²) in [5.41, 5.74) is 0.570. The highest BCUT2D eigenvalue weighted by atomic mass is 15.1. The summed E-state index contributed by atoms with van der Waals surface area (Å²) >= 11 is 0. The SMILES string of the molecule is CCNCC1(CN(C)C2CCCCC2)CCCCC1. The summed E-state index contributed by atoms with van der Waals surface area (Å²) in [6.07, 6.45) is 14.5. The lowest BCUT2D eigenvalue weighted by molar-refractivity contribution is 0.0802. The minimum atomic E-state index is 0.570. The molecule has 2 fully saturated rings. The first-order chi connectivity index (χ1) is 9.26. The summed E-state index contributed by atoms with van der Waals surface area (Å²) in [4.78, 5) is 2.71. The molecule has 0 aliphatic heterocycles. The third-order valence-corrected chi connectivity index (χ3v) is 5.45. The largest absolute Gasteiger partial charge is 0.316 e. The molecule has 2 rings (SSSR count). The molecule has 1 N–H and O–H groups in total. The van der Waals surface area contributed by atoms with Crippen LogP contribution in [0.25, 0.3) is 0 Å². The van der Waals surface area contributed by atoms with Crippen LogP contribution in [0.2, 0.25) is 0 Å². The maximum Gasteiger partial charge on any atom is 0.00924 e. The van der Waals surface area contributed by atoms with Gasteiger partial charge in [0, 0.05) is 19.1 Å². The van der Waals surface area contributed by atoms with Gasteiger partial charge in [0.25, 0.3) is 0 Å². The average Bonchev–Trinajstić information content (AvgIpc) is 2.47. The van der Waals surface area contributed by atoms with Crippen LogP contribution in [0.5, 0.6) is 0 Å². The molecule has 0 atom stereocenters. The van der Waals surface area contributed by atoms with Gasteiger partial charge in [0.05, 0.1) is 0 Å². The lowest BCUT2D eigenvalue weighted by Gasteiger charge is -2.43. The fraction of sp³-hybridized carbons (Fsp3) is 1.00. The summed E-state index contributed by atoms with van der Waals surface area (Å²) in [5, 5.41) is 3.64. The number of rotatable bonds is 6. The van der Waals surface area contributed by atoms with Gasteiger partial charge in [0.2, 0.25) is 0 Å². The van der Waals surface area contributed by atoms with Crippen molar-refractivity contribution in [1.82, 2.24) is 10.2 Å². The van der Waals surface area contributed by atoms with Crippen molar-refractivity contribution in [3.63, 3.8) is 0 Å². The minimum absolute atomic E-state index is 0.570. The Hall–Kier alpha value is -0.0800. The summed E-state index contributed by atoms with van der Waals surface area (Å²) in [7, 11) is 2.39. The molecule has 0 aromatic rings. The zero-order valence-corrected chi connectivity index (χ0v) is 13.2. The van der Waals surface area contributed by atoms with Crippen molar-refractivity contribution >= 4 is 0 Å². The number of hydrogen-bond acceptors (Lipinski definition) is 2. The van der Waals surface area contributed by atoms with E-state index in [-0.39, 0.29) is 0 Å². The smallest absolute Gasteiger partial charge is 0.00924 e. The Kier molecular flexibility index (Phi) is 6.15. The van der Waals surface area contributed by atoms with E-state index in [1.807, 2.05) is 0 Å². The van der Waals surface area contributed by atoms with Gasteiger partial charge in [-0.25, -0.2) is 0 Å². The highest BCUT2D eigenvalue weighted by molar-refractivity contribution is 4.89. The van der Waals surface area contributed by atoms with Crippen LogP contribution in [0.15, 0.2) is 0 Å². The van der Waals surface area contributed by atoms with Crippen molar-refractivity contribution in [3.8, 4) is 0 Å². The van der Waals surface area contributed by atoms with E-state index in [1.165, 1.54) is 77.3 Å². The fourth-order valence-corrected chi connectivity index (χ4v) is 4.26. The number of nitrogens with zero attached hydrogens (tertiary/aromatic N) is 1. The Labute approximate surface area is 120 Å². The van der Waals surface area contributed by atoms with Crippen molar-refractivity contribution < 1.29 is 0 Å². The average molecular weight is 266 g/mol. The molecule has 0 bridgehead atoms. The van der Waals surface area contributed by atoms with E-state index in [0.29, 0.717) is 5.41 Å². The Morgan fingerprint density at radius 1 is 1.00 bits per heavy atom. The zero-order valence-electron chi connectivity index (χ0n) is 13.2. The molecule has 112 valence electrons. The van der Waals surface area contributed by atoms with E-state index in [4.69, 9.17) is 0 Å². The van der Waals surface area contributed by atoms with Gasteiger partial charge < -0.3 is 10.2 Å². The highest BCUT2D eigenvalue weighted by Gasteiger charge is 2.34. The van der Waals surface area contributed by atoms with E-state index < -0.39 is 0 Å². The van der Waals surface area contributed by atoms with Crippen LogP contribution in [0, 0.1) is 5.41 Å². The quantitative estimate of drug-likeness (QED) is 0.786. The molecule has 2 nitrogen and oxygen atoms in total. The third-order valence-electron chi connectivity index (χ3n) is 5.45. The molecule has 0 amide bonds. The topological polar surface area (TPSA) is 15.3 Å². The van der Waals surface area contributed by atoms with Crippen LogP contribution in [-0.2, 0) is 0 Å². The van der Waals surface area contributed by atoms with Crippen molar-refractivity contribution in [3.05, 3.63) is 0 Å². The molecule has 0 saturated heterocycles. The molecule has 2 saturated carbocycles. The summed E-state index contributed by atoms with van der Waals surface area (Å²) in [6.45, 7) is 5.92. The Morgan fingerprint density at radius 2 is 1.63 bits per heavy atom. The molecule has 2 aliphatic rings. The van der Waals surface area contributed by atoms with Crippen LogP contribution in [0.1, 0.15) is 71.1 Å². The van der Waals surface area contributed by atoms with E-state index in [2.05, 4.69) is 24.2 Å². The van der Waals surface area contributed by atoms with E-state index in [9.17, 15) is 0 Å². The van der Waals surface area contributed by atoms with Gasteiger partial charge >= 0.3 is 0 Å². The first-order valence-electron chi connectivity index (χ1n) is 8.67. The maximum absolute atomic E-state index is 3.64. The lowest BCUT2D eigenvalue weighted by atomic mass is 9.73. The molecule has 0 unspecified atom stereocenters. The minimum Gasteiger partial charge on any atom is -0.316 e. The van der Waals surface area contributed by atoms with Crippen LogP contribution in [-0.4, -0.2) is 37.6 Å². The fourth-order valence-electron chi connectivity index (χ4n) is 4.26. The van der Waals surface area contributed by atoms with Crippen molar-refractivity contribution in [1.29, 1.82) is 0 Å². The Morgan fingerprint density at radius 3 is 2.26 bits per heavy atom. The van der Waals surface area contributed by atoms with Crippen molar-refractivity contribution in [2.75, 3.05) is 26.7 Å². The predicted molar refractivity (Wildman–Crippen MR) is 83.6 cm³/mol. The zero-order chi connectivity index (χ0) is 13.6. The van der Waals surface area contributed by atoms with E-state index in [1.54, 1.807) is 0 Å². The molecule has 0 spiro atoms. The second kappa shape index (κ2) is 7.64. The predicted octanol–water partition coefficient (Wildman–Crippen LogP) is 3.81. The molecular weight excluding hydrogens is 232 g/mol. The molecule has 2 heteroatoms.